The van der Waals surface area contributed by atoms with Crippen molar-refractivity contribution in [2.75, 3.05) is 50.4 Å². The summed E-state index contributed by atoms with van der Waals surface area (Å²) in [7, 11) is -1.42. The fourth-order valence-electron chi connectivity index (χ4n) is 2.51. The molecule has 0 spiro atoms. The highest BCUT2D eigenvalue weighted by Crippen LogP contribution is 2.15. The van der Waals surface area contributed by atoms with Crippen LogP contribution in [0.3, 0.4) is 0 Å². The van der Waals surface area contributed by atoms with Gasteiger partial charge in [0, 0.05) is 52.2 Å². The summed E-state index contributed by atoms with van der Waals surface area (Å²) in [6.07, 6.45) is 3.48. The van der Waals surface area contributed by atoms with E-state index in [1.807, 2.05) is 0 Å². The van der Waals surface area contributed by atoms with E-state index >= 15 is 0 Å². The molecule has 0 bridgehead atoms. The number of hydrogen-bond acceptors (Lipinski definition) is 6. The van der Waals surface area contributed by atoms with Crippen LogP contribution in [0.25, 0.3) is 0 Å². The Morgan fingerprint density at radius 3 is 2.27 bits per heavy atom. The number of aromatic nitrogens is 2. The van der Waals surface area contributed by atoms with Crippen molar-refractivity contribution in [2.24, 2.45) is 4.99 Å². The normalized spacial score (nSPS) is 16.2. The predicted octanol–water partition coefficient (Wildman–Crippen LogP) is 1.01. The van der Waals surface area contributed by atoms with Gasteiger partial charge in [-0.1, -0.05) is 0 Å². The third-order valence-electron chi connectivity index (χ3n) is 4.21. The number of rotatable bonds is 4. The lowest BCUT2D eigenvalue weighted by atomic mass is 10.3. The third-order valence-corrected chi connectivity index (χ3v) is 6.82. The van der Waals surface area contributed by atoms with Crippen LogP contribution in [0.5, 0.6) is 0 Å². The number of halogens is 1. The molecule has 1 saturated heterocycles. The van der Waals surface area contributed by atoms with E-state index in [9.17, 15) is 8.42 Å². The number of anilines is 1. The number of aliphatic imine (C=N–C) groups is 1. The van der Waals surface area contributed by atoms with Gasteiger partial charge in [0.2, 0.25) is 5.95 Å². The molecule has 148 valence electrons. The quantitative estimate of drug-likeness (QED) is 0.378. The molecule has 1 N–H and O–H groups in total. The second kappa shape index (κ2) is 9.67. The van der Waals surface area contributed by atoms with E-state index in [1.54, 1.807) is 46.3 Å². The van der Waals surface area contributed by atoms with E-state index in [0.29, 0.717) is 6.54 Å². The van der Waals surface area contributed by atoms with Crippen LogP contribution in [0, 0.1) is 0 Å². The average Bonchev–Trinajstić information content (AvgIpc) is 2.59. The second-order valence-electron chi connectivity index (χ2n) is 6.93. The van der Waals surface area contributed by atoms with Crippen LogP contribution >= 0.6 is 24.0 Å². The highest BCUT2D eigenvalue weighted by Gasteiger charge is 2.28. The van der Waals surface area contributed by atoms with Gasteiger partial charge in [0.05, 0.1) is 10.5 Å². The van der Waals surface area contributed by atoms with Gasteiger partial charge in [-0.3, -0.25) is 4.99 Å². The van der Waals surface area contributed by atoms with Crippen molar-refractivity contribution in [3.05, 3.63) is 18.5 Å². The molecule has 8 nitrogen and oxygen atoms in total. The number of guanidine groups is 1. The lowest BCUT2D eigenvalue weighted by Gasteiger charge is -2.36. The molecule has 10 heteroatoms. The topological polar surface area (TPSA) is 90.8 Å². The van der Waals surface area contributed by atoms with E-state index in [1.165, 1.54) is 0 Å². The maximum atomic E-state index is 12.2. The van der Waals surface area contributed by atoms with Gasteiger partial charge in [0.25, 0.3) is 0 Å². The molecular formula is C16H29IN6O2S. The van der Waals surface area contributed by atoms with Gasteiger partial charge in [-0.15, -0.1) is 24.0 Å². The molecule has 1 aliphatic rings. The largest absolute Gasteiger partial charge is 0.355 e. The van der Waals surface area contributed by atoms with Crippen molar-refractivity contribution in [3.8, 4) is 0 Å². The fourth-order valence-corrected chi connectivity index (χ4v) is 3.49. The van der Waals surface area contributed by atoms with Crippen molar-refractivity contribution in [1.82, 2.24) is 20.2 Å². The van der Waals surface area contributed by atoms with Crippen LogP contribution in [0.2, 0.25) is 0 Å². The maximum absolute atomic E-state index is 12.2. The molecule has 26 heavy (non-hydrogen) atoms. The molecule has 2 heterocycles. The molecule has 0 saturated carbocycles. The Bertz CT molecular complexity index is 682. The van der Waals surface area contributed by atoms with E-state index in [0.717, 1.165) is 38.1 Å². The Morgan fingerprint density at radius 2 is 1.77 bits per heavy atom. The van der Waals surface area contributed by atoms with Gasteiger partial charge in [0.1, 0.15) is 0 Å². The SMILES string of the molecule is CN=C(NCCS(=O)(=O)C(C)(C)C)N1CCN(c2ncccn2)CC1.I. The zero-order chi connectivity index (χ0) is 18.5. The summed E-state index contributed by atoms with van der Waals surface area (Å²) in [6.45, 7) is 8.68. The summed E-state index contributed by atoms with van der Waals surface area (Å²) < 4.78 is 23.6. The minimum atomic E-state index is -3.14. The molecule has 0 unspecified atom stereocenters. The minimum Gasteiger partial charge on any atom is -0.355 e. The van der Waals surface area contributed by atoms with Crippen LogP contribution in [0.1, 0.15) is 20.8 Å². The molecule has 0 aliphatic carbocycles. The van der Waals surface area contributed by atoms with Crippen molar-refractivity contribution in [2.45, 2.75) is 25.5 Å². The lowest BCUT2D eigenvalue weighted by Crippen LogP contribution is -2.53. The molecule has 1 aromatic rings. The Hall–Kier alpha value is -1.17. The average molecular weight is 496 g/mol. The molecule has 0 amide bonds. The smallest absolute Gasteiger partial charge is 0.225 e. The van der Waals surface area contributed by atoms with Crippen LogP contribution in [0.15, 0.2) is 23.5 Å². The molecule has 1 aliphatic heterocycles. The lowest BCUT2D eigenvalue weighted by molar-refractivity contribution is 0.371. The first-order valence-corrected chi connectivity index (χ1v) is 10.1. The number of nitrogens with zero attached hydrogens (tertiary/aromatic N) is 5. The monoisotopic (exact) mass is 496 g/mol. The Labute approximate surface area is 173 Å². The van der Waals surface area contributed by atoms with Crippen molar-refractivity contribution >= 4 is 45.7 Å². The van der Waals surface area contributed by atoms with Crippen LogP contribution < -0.4 is 10.2 Å². The fraction of sp³-hybridized carbons (Fsp3) is 0.688. The molecule has 1 aromatic heterocycles. The predicted molar refractivity (Wildman–Crippen MR) is 116 cm³/mol. The van der Waals surface area contributed by atoms with Gasteiger partial charge >= 0.3 is 0 Å². The molecule has 2 rings (SSSR count). The Balaban J connectivity index is 0.00000338. The van der Waals surface area contributed by atoms with Crippen LogP contribution in [-0.4, -0.2) is 79.5 Å². The molecular weight excluding hydrogens is 467 g/mol. The van der Waals surface area contributed by atoms with E-state index in [-0.39, 0.29) is 29.7 Å². The van der Waals surface area contributed by atoms with E-state index < -0.39 is 14.6 Å². The minimum absolute atomic E-state index is 0. The highest BCUT2D eigenvalue weighted by molar-refractivity contribution is 14.0. The van der Waals surface area contributed by atoms with E-state index in [4.69, 9.17) is 0 Å². The zero-order valence-corrected chi connectivity index (χ0v) is 19.0. The molecule has 0 aromatic carbocycles. The van der Waals surface area contributed by atoms with Gasteiger partial charge in [-0.2, -0.15) is 0 Å². The summed E-state index contributed by atoms with van der Waals surface area (Å²) in [6, 6.07) is 1.80. The van der Waals surface area contributed by atoms with Gasteiger partial charge < -0.3 is 15.1 Å². The number of sulfone groups is 1. The van der Waals surface area contributed by atoms with Gasteiger partial charge in [-0.25, -0.2) is 18.4 Å². The third kappa shape index (κ3) is 5.93. The Kier molecular flexibility index (Phi) is 8.51. The first kappa shape index (κ1) is 22.9. The summed E-state index contributed by atoms with van der Waals surface area (Å²) in [5.41, 5.74) is 0. The van der Waals surface area contributed by atoms with Crippen molar-refractivity contribution in [1.29, 1.82) is 0 Å². The van der Waals surface area contributed by atoms with Crippen LogP contribution in [-0.2, 0) is 9.84 Å². The first-order valence-electron chi connectivity index (χ1n) is 8.44. The second-order valence-corrected chi connectivity index (χ2v) is 9.79. The highest BCUT2D eigenvalue weighted by atomic mass is 127. The van der Waals surface area contributed by atoms with Crippen molar-refractivity contribution < 1.29 is 8.42 Å². The summed E-state index contributed by atoms with van der Waals surface area (Å²) in [5, 5.41) is 3.17. The van der Waals surface area contributed by atoms with Crippen LogP contribution in [0.4, 0.5) is 5.95 Å². The summed E-state index contributed by atoms with van der Waals surface area (Å²) in [4.78, 5) is 17.1. The van der Waals surface area contributed by atoms with Crippen molar-refractivity contribution in [3.63, 3.8) is 0 Å². The standard InChI is InChI=1S/C16H28N6O2S.HI/c1-16(2,3)25(23,24)13-8-20-14(17-4)21-9-11-22(12-10-21)15-18-6-5-7-19-15;/h5-7H,8-13H2,1-4H3,(H,17,20);1H. The van der Waals surface area contributed by atoms with E-state index in [2.05, 4.69) is 30.1 Å². The first-order chi connectivity index (χ1) is 11.7. The molecule has 0 atom stereocenters. The number of hydrogen-bond donors (Lipinski definition) is 1. The number of nitrogens with one attached hydrogen (secondary N) is 1. The van der Waals surface area contributed by atoms with Gasteiger partial charge in [0.15, 0.2) is 15.8 Å². The summed E-state index contributed by atoms with van der Waals surface area (Å²) in [5.74, 6) is 1.56. The molecule has 0 radical (unpaired) electrons. The molecule has 1 fully saturated rings. The zero-order valence-electron chi connectivity index (χ0n) is 15.8. The maximum Gasteiger partial charge on any atom is 0.225 e. The number of piperazine rings is 1. The van der Waals surface area contributed by atoms with Gasteiger partial charge in [-0.05, 0) is 26.8 Å². The Morgan fingerprint density at radius 1 is 1.19 bits per heavy atom. The summed E-state index contributed by atoms with van der Waals surface area (Å²) >= 11 is 0.